The lowest BCUT2D eigenvalue weighted by atomic mass is 10.1. The predicted molar refractivity (Wildman–Crippen MR) is 75.2 cm³/mol. The number of H-pyrrole nitrogens is 1. The van der Waals surface area contributed by atoms with Crippen molar-refractivity contribution in [2.24, 2.45) is 0 Å². The second-order valence-electron chi connectivity index (χ2n) is 4.23. The molecule has 0 aliphatic heterocycles. The Bertz CT molecular complexity index is 801. The summed E-state index contributed by atoms with van der Waals surface area (Å²) in [5, 5.41) is 8.93. The summed E-state index contributed by atoms with van der Waals surface area (Å²) in [5.41, 5.74) is 2.91. The van der Waals surface area contributed by atoms with Crippen molar-refractivity contribution in [2.45, 2.75) is 6.92 Å². The number of nitrogens with zero attached hydrogens (tertiary/aromatic N) is 3. The van der Waals surface area contributed by atoms with Gasteiger partial charge in [-0.1, -0.05) is 12.1 Å². The second kappa shape index (κ2) is 5.02. The molecule has 0 unspecified atom stereocenters. The highest BCUT2D eigenvalue weighted by Crippen LogP contribution is 2.21. The van der Waals surface area contributed by atoms with Gasteiger partial charge >= 0.3 is 0 Å². The topological polar surface area (TPSA) is 74.6 Å². The van der Waals surface area contributed by atoms with E-state index in [0.717, 1.165) is 11.1 Å². The lowest BCUT2D eigenvalue weighted by molar-refractivity contribution is 0.328. The van der Waals surface area contributed by atoms with Gasteiger partial charge in [-0.15, -0.1) is 0 Å². The van der Waals surface area contributed by atoms with Gasteiger partial charge in [-0.05, 0) is 25.1 Å². The van der Waals surface area contributed by atoms with Crippen molar-refractivity contribution in [3.05, 3.63) is 42.0 Å². The van der Waals surface area contributed by atoms with Gasteiger partial charge in [-0.25, -0.2) is 4.98 Å². The summed E-state index contributed by atoms with van der Waals surface area (Å²) < 4.78 is 5.36. The monoisotopic (exact) mass is 264 g/mol. The fourth-order valence-electron chi connectivity index (χ4n) is 1.98. The molecule has 0 aliphatic carbocycles. The molecule has 0 atom stereocenters. The Hall–Kier alpha value is -2.87. The van der Waals surface area contributed by atoms with Crippen molar-refractivity contribution >= 4 is 11.2 Å². The molecule has 0 amide bonds. The zero-order chi connectivity index (χ0) is 13.9. The van der Waals surface area contributed by atoms with E-state index >= 15 is 0 Å². The van der Waals surface area contributed by atoms with Gasteiger partial charge in [0.15, 0.2) is 5.65 Å². The summed E-state index contributed by atoms with van der Waals surface area (Å²) in [7, 11) is 0. The summed E-state index contributed by atoms with van der Waals surface area (Å²) >= 11 is 0. The number of fused-ring (bicyclic) bond motifs is 1. The molecule has 0 aliphatic rings. The lowest BCUT2D eigenvalue weighted by Crippen LogP contribution is -1.93. The largest absolute Gasteiger partial charge is 0.478 e. The number of rotatable bonds is 3. The van der Waals surface area contributed by atoms with Crippen molar-refractivity contribution < 1.29 is 4.74 Å². The van der Waals surface area contributed by atoms with Gasteiger partial charge in [0, 0.05) is 11.6 Å². The fourth-order valence-corrected chi connectivity index (χ4v) is 1.98. The maximum Gasteiger partial charge on any atom is 0.215 e. The van der Waals surface area contributed by atoms with Gasteiger partial charge in [0.2, 0.25) is 5.88 Å². The Morgan fingerprint density at radius 3 is 2.95 bits per heavy atom. The molecule has 1 N–H and O–H groups in total. The van der Waals surface area contributed by atoms with Crippen LogP contribution in [0.5, 0.6) is 5.88 Å². The van der Waals surface area contributed by atoms with E-state index in [1.165, 1.54) is 0 Å². The van der Waals surface area contributed by atoms with Crippen LogP contribution in [0, 0.1) is 11.3 Å². The van der Waals surface area contributed by atoms with Crippen LogP contribution in [0.15, 0.2) is 36.4 Å². The van der Waals surface area contributed by atoms with Crippen LogP contribution in [0.3, 0.4) is 0 Å². The number of benzene rings is 1. The number of imidazole rings is 1. The Balaban J connectivity index is 2.06. The minimum absolute atomic E-state index is 0.559. The third kappa shape index (κ3) is 2.19. The maximum absolute atomic E-state index is 8.93. The Labute approximate surface area is 115 Å². The van der Waals surface area contributed by atoms with Gasteiger partial charge in [-0.2, -0.15) is 10.2 Å². The highest BCUT2D eigenvalue weighted by atomic mass is 16.5. The molecule has 3 aromatic rings. The van der Waals surface area contributed by atoms with Crippen molar-refractivity contribution in [3.8, 4) is 23.3 Å². The quantitative estimate of drug-likeness (QED) is 0.789. The van der Waals surface area contributed by atoms with E-state index in [1.807, 2.05) is 25.1 Å². The van der Waals surface area contributed by atoms with E-state index < -0.39 is 0 Å². The molecule has 5 nitrogen and oxygen atoms in total. The zero-order valence-electron chi connectivity index (χ0n) is 10.9. The third-order valence-electron chi connectivity index (χ3n) is 2.88. The summed E-state index contributed by atoms with van der Waals surface area (Å²) in [4.78, 5) is 12.0. The molecular weight excluding hydrogens is 252 g/mol. The second-order valence-corrected chi connectivity index (χ2v) is 4.23. The van der Waals surface area contributed by atoms with Crippen molar-refractivity contribution in [1.29, 1.82) is 5.26 Å². The summed E-state index contributed by atoms with van der Waals surface area (Å²) in [6.45, 7) is 2.48. The number of nitriles is 1. The molecule has 20 heavy (non-hydrogen) atoms. The van der Waals surface area contributed by atoms with Gasteiger partial charge in [0.1, 0.15) is 5.82 Å². The number of aromatic nitrogens is 3. The highest BCUT2D eigenvalue weighted by Gasteiger charge is 2.08. The van der Waals surface area contributed by atoms with Gasteiger partial charge in [0.25, 0.3) is 0 Å². The van der Waals surface area contributed by atoms with E-state index in [0.29, 0.717) is 29.5 Å². The standard InChI is InChI=1S/C15H12N4O/c1-2-20-13-7-6-12-15(18-13)19-14(17-12)11-5-3-4-10(8-11)9-16/h3-8H,2H2,1H3,(H,17,18,19). The zero-order valence-corrected chi connectivity index (χ0v) is 10.9. The fraction of sp³-hybridized carbons (Fsp3) is 0.133. The van der Waals surface area contributed by atoms with Crippen LogP contribution in [0.2, 0.25) is 0 Å². The van der Waals surface area contributed by atoms with Gasteiger partial charge in [0.05, 0.1) is 23.8 Å². The first-order chi connectivity index (χ1) is 9.80. The Morgan fingerprint density at radius 2 is 2.15 bits per heavy atom. The average molecular weight is 264 g/mol. The van der Waals surface area contributed by atoms with Crippen LogP contribution in [-0.2, 0) is 0 Å². The van der Waals surface area contributed by atoms with Crippen LogP contribution in [-0.4, -0.2) is 21.6 Å². The Kier molecular flexibility index (Phi) is 3.05. The summed E-state index contributed by atoms with van der Waals surface area (Å²) in [6.07, 6.45) is 0. The minimum atomic E-state index is 0.559. The van der Waals surface area contributed by atoms with Gasteiger partial charge in [-0.3, -0.25) is 0 Å². The molecule has 98 valence electrons. The molecule has 0 fully saturated rings. The van der Waals surface area contributed by atoms with Crippen LogP contribution in [0.1, 0.15) is 12.5 Å². The number of aromatic amines is 1. The molecule has 0 saturated carbocycles. The van der Waals surface area contributed by atoms with Crippen molar-refractivity contribution in [3.63, 3.8) is 0 Å². The number of hydrogen-bond acceptors (Lipinski definition) is 4. The minimum Gasteiger partial charge on any atom is -0.478 e. The van der Waals surface area contributed by atoms with E-state index in [1.54, 1.807) is 18.2 Å². The number of ether oxygens (including phenoxy) is 1. The molecule has 0 saturated heterocycles. The molecule has 5 heteroatoms. The first kappa shape index (κ1) is 12.2. The molecule has 0 spiro atoms. The molecule has 1 aromatic carbocycles. The van der Waals surface area contributed by atoms with E-state index in [4.69, 9.17) is 10.00 Å². The van der Waals surface area contributed by atoms with E-state index in [9.17, 15) is 0 Å². The van der Waals surface area contributed by atoms with E-state index in [2.05, 4.69) is 21.0 Å². The number of pyridine rings is 1. The smallest absolute Gasteiger partial charge is 0.215 e. The highest BCUT2D eigenvalue weighted by molar-refractivity contribution is 5.76. The molecule has 0 radical (unpaired) electrons. The van der Waals surface area contributed by atoms with Crippen LogP contribution in [0.25, 0.3) is 22.6 Å². The molecule has 0 bridgehead atoms. The van der Waals surface area contributed by atoms with Crippen LogP contribution in [0.4, 0.5) is 0 Å². The molecule has 2 heterocycles. The lowest BCUT2D eigenvalue weighted by Gasteiger charge is -1.99. The normalized spacial score (nSPS) is 10.4. The van der Waals surface area contributed by atoms with Crippen molar-refractivity contribution in [2.75, 3.05) is 6.61 Å². The Morgan fingerprint density at radius 1 is 1.25 bits per heavy atom. The van der Waals surface area contributed by atoms with Gasteiger partial charge < -0.3 is 9.72 Å². The predicted octanol–water partition coefficient (Wildman–Crippen LogP) is 2.90. The van der Waals surface area contributed by atoms with Crippen molar-refractivity contribution in [1.82, 2.24) is 15.0 Å². The first-order valence-corrected chi connectivity index (χ1v) is 6.30. The molecular formula is C15H12N4O. The number of hydrogen-bond donors (Lipinski definition) is 1. The SMILES string of the molecule is CCOc1ccc2[nH]c(-c3cccc(C#N)c3)nc2n1. The number of nitrogens with one attached hydrogen (secondary N) is 1. The average Bonchev–Trinajstić information content (AvgIpc) is 2.91. The summed E-state index contributed by atoms with van der Waals surface area (Å²) in [6, 6.07) is 13.1. The third-order valence-corrected chi connectivity index (χ3v) is 2.88. The molecule has 2 aromatic heterocycles. The van der Waals surface area contributed by atoms with E-state index in [-0.39, 0.29) is 0 Å². The first-order valence-electron chi connectivity index (χ1n) is 6.30. The van der Waals surface area contributed by atoms with Crippen LogP contribution < -0.4 is 4.74 Å². The van der Waals surface area contributed by atoms with Crippen LogP contribution >= 0.6 is 0 Å². The maximum atomic E-state index is 8.93. The molecule has 3 rings (SSSR count). The summed E-state index contributed by atoms with van der Waals surface area (Å²) in [5.74, 6) is 1.25.